The van der Waals surface area contributed by atoms with E-state index >= 15 is 0 Å². The van der Waals surface area contributed by atoms with Crippen molar-refractivity contribution in [3.05, 3.63) is 128 Å². The second kappa shape index (κ2) is 7.65. The Kier molecular flexibility index (Phi) is 4.08. The number of pyridine rings is 1. The van der Waals surface area contributed by atoms with Gasteiger partial charge >= 0.3 is 0 Å². The molecule has 4 nitrogen and oxygen atoms in total. The summed E-state index contributed by atoms with van der Waals surface area (Å²) in [6.07, 6.45) is 12.6. The van der Waals surface area contributed by atoms with E-state index in [9.17, 15) is 0 Å². The van der Waals surface area contributed by atoms with Gasteiger partial charge < -0.3 is 8.98 Å². The molecule has 0 saturated carbocycles. The Morgan fingerprint density at radius 3 is 2.59 bits per heavy atom. The van der Waals surface area contributed by atoms with Gasteiger partial charge in [-0.25, -0.2) is 0 Å². The van der Waals surface area contributed by atoms with Crippen LogP contribution in [0.1, 0.15) is 6.04 Å². The van der Waals surface area contributed by atoms with Gasteiger partial charge in [-0.2, -0.15) is 4.58 Å². The molecule has 4 heterocycles. The minimum absolute atomic E-state index is 0.0718. The van der Waals surface area contributed by atoms with Gasteiger partial charge in [0.15, 0.2) is 0 Å². The van der Waals surface area contributed by atoms with Gasteiger partial charge in [-0.1, -0.05) is 66.8 Å². The van der Waals surface area contributed by atoms with E-state index in [4.69, 9.17) is 4.42 Å². The highest BCUT2D eigenvalue weighted by molar-refractivity contribution is 6.29. The van der Waals surface area contributed by atoms with Crippen LogP contribution >= 0.6 is 0 Å². The molecule has 1 aliphatic heterocycles. The molecule has 39 heavy (non-hydrogen) atoms. The van der Waals surface area contributed by atoms with Crippen molar-refractivity contribution in [3.8, 4) is 11.1 Å². The van der Waals surface area contributed by atoms with Crippen LogP contribution in [0, 0.1) is 0 Å². The summed E-state index contributed by atoms with van der Waals surface area (Å²) in [6, 6.07) is 32.3. The Morgan fingerprint density at radius 1 is 0.744 bits per heavy atom. The van der Waals surface area contributed by atoms with Gasteiger partial charge in [-0.05, 0) is 29.8 Å². The minimum Gasteiger partial charge on any atom is -0.456 e. The van der Waals surface area contributed by atoms with E-state index in [0.29, 0.717) is 0 Å². The first kappa shape index (κ1) is 20.8. The van der Waals surface area contributed by atoms with Crippen LogP contribution in [0.25, 0.3) is 54.9 Å². The van der Waals surface area contributed by atoms with E-state index in [1.807, 2.05) is 24.5 Å². The molecule has 0 fully saturated rings. The fourth-order valence-corrected chi connectivity index (χ4v) is 6.59. The summed E-state index contributed by atoms with van der Waals surface area (Å²) >= 11 is 0. The third kappa shape index (κ3) is 2.78. The number of rotatable bonds is 2. The molecule has 0 bridgehead atoms. The van der Waals surface area contributed by atoms with Crippen LogP contribution in [0.5, 0.6) is 0 Å². The Hall–Kier alpha value is -5.22. The van der Waals surface area contributed by atoms with E-state index in [2.05, 4.69) is 117 Å². The summed E-state index contributed by atoms with van der Waals surface area (Å²) in [5, 5.41) is 4.84. The lowest BCUT2D eigenvalue weighted by Gasteiger charge is -2.24. The quantitative estimate of drug-likeness (QED) is 0.223. The van der Waals surface area contributed by atoms with Crippen molar-refractivity contribution in [2.24, 2.45) is 0 Å². The zero-order valence-corrected chi connectivity index (χ0v) is 21.0. The number of allylic oxidation sites excluding steroid dienone is 4. The summed E-state index contributed by atoms with van der Waals surface area (Å²) in [5.74, 6) is 0. The topological polar surface area (TPSA) is 34.0 Å². The number of furan rings is 1. The zero-order valence-electron chi connectivity index (χ0n) is 21.0. The molecule has 4 aromatic carbocycles. The highest BCUT2D eigenvalue weighted by atomic mass is 16.3. The molecule has 0 N–H and O–H groups in total. The van der Waals surface area contributed by atoms with Crippen molar-refractivity contribution in [1.82, 2.24) is 14.1 Å². The Bertz CT molecular complexity index is 2230. The van der Waals surface area contributed by atoms with E-state index in [1.165, 1.54) is 38.6 Å². The fraction of sp³-hybridized carbons (Fsp3) is 0.0286. The van der Waals surface area contributed by atoms with Crippen LogP contribution in [0.3, 0.4) is 0 Å². The maximum absolute atomic E-state index is 6.30. The first-order valence-electron chi connectivity index (χ1n) is 13.3. The maximum atomic E-state index is 6.30. The standard InChI is InChI=1S/C35H22N3O/c1-4-16-31-25(11-1)34-32(39-31)18-17-29-33(34)26-12-6-15-30-35(26)38(29)28-14-3-2-13-27(28)37(30)24-10-5-8-22(20-24)23-9-7-19-36-21-23/h1-21,28H/q+1. The molecular weight excluding hydrogens is 478 g/mol. The molecule has 0 amide bonds. The smallest absolute Gasteiger partial charge is 0.235 e. The second-order valence-corrected chi connectivity index (χ2v) is 10.2. The zero-order chi connectivity index (χ0) is 25.5. The summed E-state index contributed by atoms with van der Waals surface area (Å²) in [5.41, 5.74) is 10.1. The van der Waals surface area contributed by atoms with Crippen LogP contribution in [-0.2, 0) is 0 Å². The minimum atomic E-state index is 0.0718. The lowest BCUT2D eigenvalue weighted by Crippen LogP contribution is -2.30. The second-order valence-electron chi connectivity index (χ2n) is 10.2. The largest absolute Gasteiger partial charge is 0.456 e. The third-order valence-electron chi connectivity index (χ3n) is 8.16. The first-order chi connectivity index (χ1) is 19.4. The number of nitrogens with zero attached hydrogens (tertiary/aromatic N) is 3. The van der Waals surface area contributed by atoms with E-state index in [0.717, 1.165) is 33.4 Å². The lowest BCUT2D eigenvalue weighted by molar-refractivity contribution is 0.669. The van der Waals surface area contributed by atoms with Crippen LogP contribution in [-0.4, -0.2) is 15.3 Å². The number of benzene rings is 4. The van der Waals surface area contributed by atoms with E-state index in [1.54, 1.807) is 0 Å². The van der Waals surface area contributed by atoms with Crippen molar-refractivity contribution >= 4 is 60.8 Å². The molecule has 2 aliphatic rings. The average Bonchev–Trinajstić information content (AvgIpc) is 3.55. The number of hydrogen-bond donors (Lipinski definition) is 0. The molecule has 0 radical (unpaired) electrons. The van der Waals surface area contributed by atoms with Crippen molar-refractivity contribution in [2.75, 3.05) is 0 Å². The van der Waals surface area contributed by atoms with Crippen molar-refractivity contribution < 1.29 is 4.42 Å². The molecule has 9 rings (SSSR count). The fourth-order valence-electron chi connectivity index (χ4n) is 6.59. The van der Waals surface area contributed by atoms with Crippen molar-refractivity contribution in [2.45, 2.75) is 6.04 Å². The van der Waals surface area contributed by atoms with Gasteiger partial charge in [0, 0.05) is 63.8 Å². The monoisotopic (exact) mass is 500 g/mol. The molecule has 182 valence electrons. The molecular formula is C35H22N3O+. The first-order valence-corrected chi connectivity index (χ1v) is 13.3. The van der Waals surface area contributed by atoms with E-state index < -0.39 is 0 Å². The summed E-state index contributed by atoms with van der Waals surface area (Å²) in [6.45, 7) is 0. The number of fused-ring (bicyclic) bond motifs is 9. The molecule has 0 saturated heterocycles. The molecule has 1 unspecified atom stereocenters. The van der Waals surface area contributed by atoms with Gasteiger partial charge in [0.05, 0.1) is 5.52 Å². The normalized spacial score (nSPS) is 16.2. The third-order valence-corrected chi connectivity index (χ3v) is 8.16. The van der Waals surface area contributed by atoms with E-state index in [-0.39, 0.29) is 6.04 Å². The lowest BCUT2D eigenvalue weighted by atomic mass is 10.0. The van der Waals surface area contributed by atoms with Gasteiger partial charge in [0.2, 0.25) is 17.1 Å². The molecule has 4 heteroatoms. The number of hydrogen-bond acceptors (Lipinski definition) is 2. The van der Waals surface area contributed by atoms with Crippen LogP contribution in [0.4, 0.5) is 11.4 Å². The average molecular weight is 501 g/mol. The number of aromatic nitrogens is 2. The summed E-state index contributed by atoms with van der Waals surface area (Å²) in [4.78, 5) is 4.35. The summed E-state index contributed by atoms with van der Waals surface area (Å²) < 4.78 is 11.2. The van der Waals surface area contributed by atoms with Crippen LogP contribution < -0.4 is 4.58 Å². The SMILES string of the molecule is C1=CC2=[N+](c3cccc(-c4cccnc4)c3)c3cccc4c5c6c(ccc5n(c34)C2C=C1)oc1ccccc16. The maximum Gasteiger partial charge on any atom is 0.235 e. The molecule has 3 aromatic heterocycles. The number of para-hydroxylation sites is 2. The highest BCUT2D eigenvalue weighted by Gasteiger charge is 2.37. The predicted molar refractivity (Wildman–Crippen MR) is 160 cm³/mol. The van der Waals surface area contributed by atoms with Crippen LogP contribution in [0.15, 0.2) is 132 Å². The van der Waals surface area contributed by atoms with Gasteiger partial charge in [-0.3, -0.25) is 4.98 Å². The van der Waals surface area contributed by atoms with Crippen molar-refractivity contribution in [1.29, 1.82) is 0 Å². The highest BCUT2D eigenvalue weighted by Crippen LogP contribution is 2.47. The van der Waals surface area contributed by atoms with Crippen LogP contribution in [0.2, 0.25) is 0 Å². The molecule has 7 aromatic rings. The predicted octanol–water partition coefficient (Wildman–Crippen LogP) is 8.71. The van der Waals surface area contributed by atoms with Gasteiger partial charge in [0.25, 0.3) is 0 Å². The summed E-state index contributed by atoms with van der Waals surface area (Å²) in [7, 11) is 0. The molecule has 1 atom stereocenters. The van der Waals surface area contributed by atoms with Gasteiger partial charge in [-0.15, -0.1) is 0 Å². The Labute approximate surface area is 224 Å². The Morgan fingerprint density at radius 2 is 1.64 bits per heavy atom. The molecule has 0 spiro atoms. The Balaban J connectivity index is 1.40. The molecule has 1 aliphatic carbocycles. The van der Waals surface area contributed by atoms with Crippen molar-refractivity contribution in [3.63, 3.8) is 0 Å². The van der Waals surface area contributed by atoms with Gasteiger partial charge in [0.1, 0.15) is 22.7 Å².